The Morgan fingerprint density at radius 3 is 3.04 bits per heavy atom. The van der Waals surface area contributed by atoms with Gasteiger partial charge in [0.2, 0.25) is 5.91 Å². The highest BCUT2D eigenvalue weighted by Gasteiger charge is 2.24. The number of carbonyl (C=O) groups excluding carboxylic acids is 1. The van der Waals surface area contributed by atoms with Crippen LogP contribution < -0.4 is 0 Å². The summed E-state index contributed by atoms with van der Waals surface area (Å²) in [5.41, 5.74) is 4.13. The molecule has 1 aliphatic heterocycles. The second-order valence-corrected chi connectivity index (χ2v) is 7.31. The molecule has 27 heavy (non-hydrogen) atoms. The number of amides is 1. The Kier molecular flexibility index (Phi) is 4.99. The Labute approximate surface area is 158 Å². The van der Waals surface area contributed by atoms with Gasteiger partial charge < -0.3 is 14.1 Å². The highest BCUT2D eigenvalue weighted by molar-refractivity contribution is 5.90. The normalized spacial score (nSPS) is 18.0. The summed E-state index contributed by atoms with van der Waals surface area (Å²) < 4.78 is 13.5. The monoisotopic (exact) mass is 367 g/mol. The highest BCUT2D eigenvalue weighted by atomic mass is 16.5. The van der Waals surface area contributed by atoms with Gasteiger partial charge in [-0.1, -0.05) is 6.07 Å². The molecule has 0 bridgehead atoms. The summed E-state index contributed by atoms with van der Waals surface area (Å²) in [6, 6.07) is 6.05. The quantitative estimate of drug-likeness (QED) is 0.711. The lowest BCUT2D eigenvalue weighted by Gasteiger charge is -2.24. The number of benzene rings is 1. The Morgan fingerprint density at radius 2 is 2.22 bits per heavy atom. The van der Waals surface area contributed by atoms with Gasteiger partial charge in [-0.3, -0.25) is 9.48 Å². The van der Waals surface area contributed by atoms with Crippen LogP contribution >= 0.6 is 0 Å². The molecule has 0 radical (unpaired) electrons. The first kappa shape index (κ1) is 17.8. The van der Waals surface area contributed by atoms with Crippen molar-refractivity contribution in [3.63, 3.8) is 0 Å². The first-order valence-corrected chi connectivity index (χ1v) is 9.44. The number of carbonyl (C=O) groups is 1. The van der Waals surface area contributed by atoms with Crippen LogP contribution in [0.2, 0.25) is 0 Å². The molecule has 142 valence electrons. The van der Waals surface area contributed by atoms with Crippen molar-refractivity contribution in [3.8, 4) is 0 Å². The molecule has 0 spiro atoms. The maximum absolute atomic E-state index is 13.0. The molecular weight excluding hydrogens is 342 g/mol. The maximum atomic E-state index is 13.0. The van der Waals surface area contributed by atoms with E-state index in [1.807, 2.05) is 27.9 Å². The first-order valence-electron chi connectivity index (χ1n) is 9.44. The molecule has 0 aliphatic carbocycles. The van der Waals surface area contributed by atoms with Crippen molar-refractivity contribution in [3.05, 3.63) is 53.5 Å². The third-order valence-electron chi connectivity index (χ3n) is 5.09. The second kappa shape index (κ2) is 7.56. The summed E-state index contributed by atoms with van der Waals surface area (Å²) in [7, 11) is 0. The van der Waals surface area contributed by atoms with Crippen LogP contribution in [-0.4, -0.2) is 46.4 Å². The number of nitrogens with zero attached hydrogens (tertiary/aromatic N) is 3. The van der Waals surface area contributed by atoms with Gasteiger partial charge in [-0.2, -0.15) is 5.10 Å². The van der Waals surface area contributed by atoms with Gasteiger partial charge in [-0.25, -0.2) is 0 Å². The lowest BCUT2D eigenvalue weighted by atomic mass is 10.0. The van der Waals surface area contributed by atoms with Crippen molar-refractivity contribution < 1.29 is 13.9 Å². The standard InChI is InChI=1S/C21H25N3O3/c1-15-9-16(2)21-17(14-27-19(21)10-15)11-20(25)23-6-4-8-26-18(12-23)13-24-7-3-5-22-24/h3,5,7,9-10,14,18H,4,6,8,11-13H2,1-2H3/t18-/m1/s1. The van der Waals surface area contributed by atoms with E-state index in [1.165, 1.54) is 5.56 Å². The fourth-order valence-electron chi connectivity index (χ4n) is 3.88. The molecule has 0 N–H and O–H groups in total. The van der Waals surface area contributed by atoms with Gasteiger partial charge in [0.25, 0.3) is 0 Å². The zero-order chi connectivity index (χ0) is 18.8. The second-order valence-electron chi connectivity index (χ2n) is 7.31. The fraction of sp³-hybridized carbons (Fsp3) is 0.429. The van der Waals surface area contributed by atoms with Gasteiger partial charge in [-0.15, -0.1) is 0 Å². The van der Waals surface area contributed by atoms with Gasteiger partial charge in [0.1, 0.15) is 5.58 Å². The Morgan fingerprint density at radius 1 is 1.33 bits per heavy atom. The van der Waals surface area contributed by atoms with Crippen LogP contribution in [0.1, 0.15) is 23.1 Å². The summed E-state index contributed by atoms with van der Waals surface area (Å²) >= 11 is 0. The molecule has 1 saturated heterocycles. The number of hydrogen-bond acceptors (Lipinski definition) is 4. The van der Waals surface area contributed by atoms with Gasteiger partial charge in [0.05, 0.1) is 25.3 Å². The van der Waals surface area contributed by atoms with Crippen molar-refractivity contribution in [1.29, 1.82) is 0 Å². The molecule has 3 heterocycles. The molecule has 1 aromatic carbocycles. The first-order chi connectivity index (χ1) is 13.1. The van der Waals surface area contributed by atoms with E-state index in [9.17, 15) is 4.79 Å². The van der Waals surface area contributed by atoms with Crippen LogP contribution in [0.5, 0.6) is 0 Å². The molecule has 2 aromatic heterocycles. The summed E-state index contributed by atoms with van der Waals surface area (Å²) in [5.74, 6) is 0.119. The predicted molar refractivity (Wildman–Crippen MR) is 103 cm³/mol. The van der Waals surface area contributed by atoms with Crippen molar-refractivity contribution in [1.82, 2.24) is 14.7 Å². The lowest BCUT2D eigenvalue weighted by Crippen LogP contribution is -2.39. The maximum Gasteiger partial charge on any atom is 0.227 e. The van der Waals surface area contributed by atoms with Crippen molar-refractivity contribution in [2.45, 2.75) is 39.3 Å². The number of ether oxygens (including phenoxy) is 1. The molecule has 0 unspecified atom stereocenters. The van der Waals surface area contributed by atoms with Crippen LogP contribution in [0.25, 0.3) is 11.0 Å². The third kappa shape index (κ3) is 3.90. The zero-order valence-corrected chi connectivity index (χ0v) is 15.9. The van der Waals surface area contributed by atoms with E-state index in [-0.39, 0.29) is 12.0 Å². The topological polar surface area (TPSA) is 60.5 Å². The van der Waals surface area contributed by atoms with Gasteiger partial charge in [0, 0.05) is 43.0 Å². The third-order valence-corrected chi connectivity index (χ3v) is 5.09. The number of hydrogen-bond donors (Lipinski definition) is 0. The molecule has 3 aromatic rings. The summed E-state index contributed by atoms with van der Waals surface area (Å²) in [6.07, 6.45) is 6.57. The van der Waals surface area contributed by atoms with E-state index in [0.29, 0.717) is 26.1 Å². The molecule has 1 aliphatic rings. The smallest absolute Gasteiger partial charge is 0.227 e. The predicted octanol–water partition coefficient (Wildman–Crippen LogP) is 3.11. The number of aromatic nitrogens is 2. The minimum absolute atomic E-state index is 0.0400. The summed E-state index contributed by atoms with van der Waals surface area (Å²) in [4.78, 5) is 14.9. The Bertz CT molecular complexity index is 930. The summed E-state index contributed by atoms with van der Waals surface area (Å²) in [6.45, 7) is 6.76. The number of fused-ring (bicyclic) bond motifs is 1. The van der Waals surface area contributed by atoms with Crippen molar-refractivity contribution in [2.24, 2.45) is 0 Å². The fourth-order valence-corrected chi connectivity index (χ4v) is 3.88. The average Bonchev–Trinajstić information content (AvgIpc) is 3.20. The van der Waals surface area contributed by atoms with Crippen LogP contribution in [0.15, 0.2) is 41.3 Å². The van der Waals surface area contributed by atoms with Crippen molar-refractivity contribution >= 4 is 16.9 Å². The number of rotatable bonds is 4. The Hall–Kier alpha value is -2.60. The lowest BCUT2D eigenvalue weighted by molar-refractivity contribution is -0.131. The highest BCUT2D eigenvalue weighted by Crippen LogP contribution is 2.27. The molecule has 0 saturated carbocycles. The van der Waals surface area contributed by atoms with E-state index < -0.39 is 0 Å². The van der Waals surface area contributed by atoms with Crippen molar-refractivity contribution in [2.75, 3.05) is 19.7 Å². The van der Waals surface area contributed by atoms with Gasteiger partial charge >= 0.3 is 0 Å². The Balaban J connectivity index is 1.48. The van der Waals surface area contributed by atoms with E-state index in [4.69, 9.17) is 9.15 Å². The summed E-state index contributed by atoms with van der Waals surface area (Å²) in [5, 5.41) is 5.31. The van der Waals surface area contributed by atoms with Gasteiger partial charge in [-0.05, 0) is 43.5 Å². The zero-order valence-electron chi connectivity index (χ0n) is 15.9. The molecule has 1 atom stereocenters. The van der Waals surface area contributed by atoms with Gasteiger partial charge in [0.15, 0.2) is 0 Å². The minimum Gasteiger partial charge on any atom is -0.464 e. The number of furan rings is 1. The van der Waals surface area contributed by atoms with E-state index in [1.54, 1.807) is 12.5 Å². The molecule has 6 nitrogen and oxygen atoms in total. The van der Waals surface area contributed by atoms with E-state index >= 15 is 0 Å². The number of aryl methyl sites for hydroxylation is 2. The van der Waals surface area contributed by atoms with Crippen LogP contribution in [0, 0.1) is 13.8 Å². The van der Waals surface area contributed by atoms with E-state index in [0.717, 1.165) is 35.1 Å². The van der Waals surface area contributed by atoms with Crippen LogP contribution in [0.4, 0.5) is 0 Å². The molecule has 4 rings (SSSR count). The SMILES string of the molecule is Cc1cc(C)c2c(CC(=O)N3CCCO[C@@H](Cn4cccn4)C3)coc2c1. The largest absolute Gasteiger partial charge is 0.464 e. The van der Waals surface area contributed by atoms with E-state index in [2.05, 4.69) is 25.0 Å². The van der Waals surface area contributed by atoms with Crippen LogP contribution in [-0.2, 0) is 22.5 Å². The van der Waals surface area contributed by atoms with Crippen LogP contribution in [0.3, 0.4) is 0 Å². The molecular formula is C21H25N3O3. The molecule has 1 fully saturated rings. The average molecular weight is 367 g/mol. The molecule has 6 heteroatoms. The molecule has 1 amide bonds. The minimum atomic E-state index is -0.0400.